The van der Waals surface area contributed by atoms with Crippen LogP contribution in [-0.4, -0.2) is 12.6 Å². The van der Waals surface area contributed by atoms with Crippen LogP contribution in [0.2, 0.25) is 0 Å². The van der Waals surface area contributed by atoms with Gasteiger partial charge in [-0.05, 0) is 38.0 Å². The van der Waals surface area contributed by atoms with Gasteiger partial charge in [0.25, 0.3) is 0 Å². The van der Waals surface area contributed by atoms with E-state index in [1.807, 2.05) is 0 Å². The van der Waals surface area contributed by atoms with Crippen LogP contribution in [0.1, 0.15) is 18.1 Å². The molecule has 0 saturated heterocycles. The van der Waals surface area contributed by atoms with Crippen molar-refractivity contribution in [3.8, 4) is 5.75 Å². The van der Waals surface area contributed by atoms with E-state index < -0.39 is 0 Å². The van der Waals surface area contributed by atoms with E-state index in [0.29, 0.717) is 0 Å². The number of benzene rings is 1. The Kier molecular flexibility index (Phi) is 1.91. The second kappa shape index (κ2) is 2.95. The van der Waals surface area contributed by atoms with Crippen LogP contribution < -0.4 is 10.1 Å². The van der Waals surface area contributed by atoms with Crippen LogP contribution in [0.15, 0.2) is 12.1 Å². The first-order valence-electron chi connectivity index (χ1n) is 4.69. The van der Waals surface area contributed by atoms with Crippen molar-refractivity contribution in [3.05, 3.63) is 23.3 Å². The molecule has 2 nitrogen and oxygen atoms in total. The largest absolute Gasteiger partial charge is 0.486 e. The van der Waals surface area contributed by atoms with Crippen LogP contribution in [0.3, 0.4) is 0 Å². The van der Waals surface area contributed by atoms with Crippen molar-refractivity contribution in [1.82, 2.24) is 0 Å². The van der Waals surface area contributed by atoms with Crippen molar-refractivity contribution in [2.75, 3.05) is 11.9 Å². The fourth-order valence-corrected chi connectivity index (χ4v) is 1.58. The molecule has 1 N–H and O–H groups in total. The van der Waals surface area contributed by atoms with E-state index in [1.54, 1.807) is 0 Å². The number of hydrogen-bond donors (Lipinski definition) is 1. The third kappa shape index (κ3) is 1.37. The van der Waals surface area contributed by atoms with Crippen molar-refractivity contribution < 1.29 is 4.74 Å². The van der Waals surface area contributed by atoms with E-state index in [9.17, 15) is 0 Å². The van der Waals surface area contributed by atoms with E-state index in [0.717, 1.165) is 18.0 Å². The summed E-state index contributed by atoms with van der Waals surface area (Å²) >= 11 is 0. The van der Waals surface area contributed by atoms with Crippen molar-refractivity contribution in [1.29, 1.82) is 0 Å². The van der Waals surface area contributed by atoms with Crippen LogP contribution in [0, 0.1) is 13.8 Å². The molecule has 2 heteroatoms. The van der Waals surface area contributed by atoms with Crippen LogP contribution in [0.25, 0.3) is 0 Å². The Labute approximate surface area is 78.9 Å². The molecule has 70 valence electrons. The monoisotopic (exact) mass is 177 g/mol. The highest BCUT2D eigenvalue weighted by molar-refractivity contribution is 5.63. The number of anilines is 1. The van der Waals surface area contributed by atoms with E-state index in [2.05, 4.69) is 38.2 Å². The van der Waals surface area contributed by atoms with Gasteiger partial charge in [-0.2, -0.15) is 0 Å². The summed E-state index contributed by atoms with van der Waals surface area (Å²) in [6, 6.07) is 4.21. The predicted molar refractivity (Wildman–Crippen MR) is 54.5 cm³/mol. The molecule has 0 bridgehead atoms. The van der Waals surface area contributed by atoms with Gasteiger partial charge in [-0.15, -0.1) is 0 Å². The number of ether oxygens (including phenoxy) is 1. The highest BCUT2D eigenvalue weighted by Crippen LogP contribution is 2.34. The zero-order chi connectivity index (χ0) is 9.42. The van der Waals surface area contributed by atoms with Gasteiger partial charge in [0.05, 0.1) is 12.2 Å². The van der Waals surface area contributed by atoms with Gasteiger partial charge >= 0.3 is 0 Å². The van der Waals surface area contributed by atoms with Gasteiger partial charge < -0.3 is 10.1 Å². The Morgan fingerprint density at radius 1 is 1.38 bits per heavy atom. The molecule has 1 aliphatic rings. The zero-order valence-corrected chi connectivity index (χ0v) is 8.35. The van der Waals surface area contributed by atoms with Crippen LogP contribution in [0.4, 0.5) is 5.69 Å². The summed E-state index contributed by atoms with van der Waals surface area (Å²) in [7, 11) is 0. The lowest BCUT2D eigenvalue weighted by Gasteiger charge is -2.26. The molecule has 0 amide bonds. The molecule has 1 aliphatic heterocycles. The maximum absolute atomic E-state index is 5.78. The van der Waals surface area contributed by atoms with Crippen molar-refractivity contribution in [3.63, 3.8) is 0 Å². The third-order valence-corrected chi connectivity index (χ3v) is 2.58. The van der Waals surface area contributed by atoms with Gasteiger partial charge in [0.15, 0.2) is 0 Å². The van der Waals surface area contributed by atoms with E-state index in [4.69, 9.17) is 4.74 Å². The van der Waals surface area contributed by atoms with Gasteiger partial charge in [0.2, 0.25) is 0 Å². The first-order valence-corrected chi connectivity index (χ1v) is 4.69. The zero-order valence-electron chi connectivity index (χ0n) is 8.35. The summed E-state index contributed by atoms with van der Waals surface area (Å²) in [4.78, 5) is 0. The van der Waals surface area contributed by atoms with Crippen LogP contribution in [-0.2, 0) is 0 Å². The predicted octanol–water partition coefficient (Wildman–Crippen LogP) is 2.50. The summed E-state index contributed by atoms with van der Waals surface area (Å²) in [5.74, 6) is 1.03. The molecule has 0 radical (unpaired) electrons. The molecule has 1 unspecified atom stereocenters. The third-order valence-electron chi connectivity index (χ3n) is 2.58. The number of hydrogen-bond acceptors (Lipinski definition) is 2. The summed E-state index contributed by atoms with van der Waals surface area (Å²) < 4.78 is 5.78. The Morgan fingerprint density at radius 3 is 2.92 bits per heavy atom. The fraction of sp³-hybridized carbons (Fsp3) is 0.455. The lowest BCUT2D eigenvalue weighted by Crippen LogP contribution is -2.28. The molecule has 0 saturated carbocycles. The van der Waals surface area contributed by atoms with Gasteiger partial charge in [-0.3, -0.25) is 0 Å². The Hall–Kier alpha value is -1.18. The van der Waals surface area contributed by atoms with E-state index in [1.165, 1.54) is 11.1 Å². The maximum atomic E-state index is 5.78. The molecule has 0 aromatic heterocycles. The van der Waals surface area contributed by atoms with Gasteiger partial charge in [-0.1, -0.05) is 6.07 Å². The molecule has 1 atom stereocenters. The molecule has 1 heterocycles. The van der Waals surface area contributed by atoms with Gasteiger partial charge in [0, 0.05) is 0 Å². The summed E-state index contributed by atoms with van der Waals surface area (Å²) in [5, 5.41) is 3.36. The van der Waals surface area contributed by atoms with Gasteiger partial charge in [-0.25, -0.2) is 0 Å². The van der Waals surface area contributed by atoms with E-state index >= 15 is 0 Å². The van der Waals surface area contributed by atoms with Crippen LogP contribution in [0.5, 0.6) is 5.75 Å². The topological polar surface area (TPSA) is 21.3 Å². The highest BCUT2D eigenvalue weighted by atomic mass is 16.5. The summed E-state index contributed by atoms with van der Waals surface area (Å²) in [5.41, 5.74) is 3.66. The Bertz CT molecular complexity index is 333. The molecule has 13 heavy (non-hydrogen) atoms. The summed E-state index contributed by atoms with van der Waals surface area (Å²) in [6.07, 6.45) is 0.271. The molecule has 1 aromatic rings. The normalized spacial score (nSPS) is 20.1. The minimum atomic E-state index is 0.271. The van der Waals surface area contributed by atoms with Gasteiger partial charge in [0.1, 0.15) is 11.9 Å². The SMILES string of the molecule is Cc1ccc2c(c1C)OC(C)CN2. The molecular formula is C11H15NO. The molecule has 0 aliphatic carbocycles. The number of rotatable bonds is 0. The van der Waals surface area contributed by atoms with Crippen molar-refractivity contribution in [2.45, 2.75) is 26.9 Å². The fourth-order valence-electron chi connectivity index (χ4n) is 1.58. The van der Waals surface area contributed by atoms with Crippen molar-refractivity contribution >= 4 is 5.69 Å². The Balaban J connectivity index is 2.48. The summed E-state index contributed by atoms with van der Waals surface area (Å²) in [6.45, 7) is 7.19. The standard InChI is InChI=1S/C11H15NO/c1-7-4-5-10-11(9(7)3)13-8(2)6-12-10/h4-5,8,12H,6H2,1-3H3. The van der Waals surface area contributed by atoms with Crippen LogP contribution >= 0.6 is 0 Å². The second-order valence-electron chi connectivity index (χ2n) is 3.69. The second-order valence-corrected chi connectivity index (χ2v) is 3.69. The van der Waals surface area contributed by atoms with E-state index in [-0.39, 0.29) is 6.10 Å². The average Bonchev–Trinajstić information content (AvgIpc) is 2.12. The molecule has 0 spiro atoms. The number of nitrogens with one attached hydrogen (secondary N) is 1. The smallest absolute Gasteiger partial charge is 0.146 e. The first-order chi connectivity index (χ1) is 6.18. The number of fused-ring (bicyclic) bond motifs is 1. The average molecular weight is 177 g/mol. The molecule has 2 rings (SSSR count). The maximum Gasteiger partial charge on any atom is 0.146 e. The molecular weight excluding hydrogens is 162 g/mol. The lowest BCUT2D eigenvalue weighted by atomic mass is 10.1. The first kappa shape index (κ1) is 8.42. The lowest BCUT2D eigenvalue weighted by molar-refractivity contribution is 0.224. The minimum Gasteiger partial charge on any atom is -0.486 e. The number of aryl methyl sites for hydroxylation is 1. The Morgan fingerprint density at radius 2 is 2.15 bits per heavy atom. The minimum absolute atomic E-state index is 0.271. The molecule has 1 aromatic carbocycles. The van der Waals surface area contributed by atoms with Crippen molar-refractivity contribution in [2.24, 2.45) is 0 Å². The quantitative estimate of drug-likeness (QED) is 0.657. The molecule has 0 fully saturated rings. The highest BCUT2D eigenvalue weighted by Gasteiger charge is 2.17.